The number of benzene rings is 2. The van der Waals surface area contributed by atoms with Gasteiger partial charge in [0.2, 0.25) is 5.91 Å². The number of nitrogens with zero attached hydrogens (tertiary/aromatic N) is 1. The largest absolute Gasteiger partial charge is 0.477 e. The van der Waals surface area contributed by atoms with Gasteiger partial charge in [0, 0.05) is 0 Å². The number of hydrogen-bond acceptors (Lipinski definition) is 3. The Hall–Kier alpha value is -3.21. The van der Waals surface area contributed by atoms with E-state index in [1.54, 1.807) is 48.5 Å². The fourth-order valence-electron chi connectivity index (χ4n) is 2.51. The minimum Gasteiger partial charge on any atom is -0.477 e. The quantitative estimate of drug-likeness (QED) is 0.807. The van der Waals surface area contributed by atoms with Crippen molar-refractivity contribution in [1.29, 1.82) is 0 Å². The number of hydrogen-bond donors (Lipinski definition) is 1. The lowest BCUT2D eigenvalue weighted by atomic mass is 10.1. The van der Waals surface area contributed by atoms with Crippen molar-refractivity contribution in [3.05, 3.63) is 82.1 Å². The van der Waals surface area contributed by atoms with Gasteiger partial charge in [0.1, 0.15) is 5.56 Å². The Kier molecular flexibility index (Phi) is 3.76. The van der Waals surface area contributed by atoms with Crippen molar-refractivity contribution in [1.82, 2.24) is 4.57 Å². The number of carbonyl (C=O) groups excluding carboxylic acids is 1. The second-order valence-electron chi connectivity index (χ2n) is 5.12. The normalized spacial score (nSPS) is 10.6. The van der Waals surface area contributed by atoms with Gasteiger partial charge in [0.05, 0.1) is 11.9 Å². The highest BCUT2D eigenvalue weighted by molar-refractivity contribution is 5.97. The fourth-order valence-corrected chi connectivity index (χ4v) is 2.51. The zero-order valence-electron chi connectivity index (χ0n) is 12.1. The van der Waals surface area contributed by atoms with Crippen LogP contribution < -0.4 is 5.56 Å². The number of carbonyl (C=O) groups is 2. The highest BCUT2D eigenvalue weighted by Gasteiger charge is 2.18. The number of fused-ring (bicyclic) bond motifs is 1. The lowest BCUT2D eigenvalue weighted by Gasteiger charge is -2.10. The van der Waals surface area contributed by atoms with Gasteiger partial charge in [0.15, 0.2) is 0 Å². The van der Waals surface area contributed by atoms with Crippen LogP contribution in [-0.4, -0.2) is 21.6 Å². The maximum absolute atomic E-state index is 12.6. The Morgan fingerprint density at radius 3 is 2.30 bits per heavy atom. The van der Waals surface area contributed by atoms with E-state index < -0.39 is 23.0 Å². The number of aromatic carboxylic acids is 1. The van der Waals surface area contributed by atoms with Gasteiger partial charge in [-0.1, -0.05) is 48.5 Å². The van der Waals surface area contributed by atoms with E-state index in [1.165, 1.54) is 6.07 Å². The van der Waals surface area contributed by atoms with Gasteiger partial charge in [-0.2, -0.15) is 0 Å². The first kappa shape index (κ1) is 14.7. The fraction of sp³-hybridized carbons (Fsp3) is 0.0556. The Balaban J connectivity index is 2.19. The molecule has 3 aromatic rings. The first-order valence-corrected chi connectivity index (χ1v) is 7.03. The van der Waals surface area contributed by atoms with Crippen molar-refractivity contribution in [2.45, 2.75) is 6.42 Å². The van der Waals surface area contributed by atoms with E-state index in [-0.39, 0.29) is 6.42 Å². The van der Waals surface area contributed by atoms with Crippen LogP contribution in [0.4, 0.5) is 0 Å². The molecule has 1 heterocycles. The van der Waals surface area contributed by atoms with Crippen LogP contribution in [0.25, 0.3) is 10.9 Å². The Morgan fingerprint density at radius 2 is 1.61 bits per heavy atom. The van der Waals surface area contributed by atoms with E-state index in [2.05, 4.69) is 0 Å². The molecule has 0 aliphatic carbocycles. The van der Waals surface area contributed by atoms with Crippen LogP contribution in [0, 0.1) is 0 Å². The second kappa shape index (κ2) is 5.88. The molecule has 0 saturated heterocycles. The van der Waals surface area contributed by atoms with E-state index in [0.29, 0.717) is 10.9 Å². The molecule has 2 aromatic carbocycles. The number of carboxylic acids is 1. The lowest BCUT2D eigenvalue weighted by molar-refractivity contribution is 0.0694. The number of rotatable bonds is 3. The van der Waals surface area contributed by atoms with Gasteiger partial charge >= 0.3 is 5.97 Å². The number of carboxylic acid groups (broad SMARTS) is 1. The zero-order chi connectivity index (χ0) is 16.4. The molecule has 1 aromatic heterocycles. The Labute approximate surface area is 131 Å². The highest BCUT2D eigenvalue weighted by Crippen LogP contribution is 2.14. The smallest absolute Gasteiger partial charge is 0.341 e. The van der Waals surface area contributed by atoms with E-state index in [1.807, 2.05) is 6.07 Å². The van der Waals surface area contributed by atoms with E-state index >= 15 is 0 Å². The van der Waals surface area contributed by atoms with Crippen LogP contribution >= 0.6 is 0 Å². The molecule has 0 aliphatic heterocycles. The number of para-hydroxylation sites is 1. The summed E-state index contributed by atoms with van der Waals surface area (Å²) in [6, 6.07) is 17.0. The molecule has 0 atom stereocenters. The molecule has 0 spiro atoms. The molecule has 5 heteroatoms. The van der Waals surface area contributed by atoms with Crippen LogP contribution in [0.3, 0.4) is 0 Å². The zero-order valence-corrected chi connectivity index (χ0v) is 12.1. The van der Waals surface area contributed by atoms with Crippen molar-refractivity contribution < 1.29 is 14.7 Å². The standard InChI is InChI=1S/C18H13NO4/c20-16(10-12-6-2-1-3-7-12)19-15-9-5-4-8-13(15)11-14(17(19)21)18(22)23/h1-9,11H,10H2,(H,22,23). The summed E-state index contributed by atoms with van der Waals surface area (Å²) in [6.45, 7) is 0. The predicted octanol–water partition coefficient (Wildman–Crippen LogP) is 2.58. The lowest BCUT2D eigenvalue weighted by Crippen LogP contribution is -2.32. The molecule has 23 heavy (non-hydrogen) atoms. The molecule has 0 radical (unpaired) electrons. The van der Waals surface area contributed by atoms with Gasteiger partial charge in [0.25, 0.3) is 5.56 Å². The Morgan fingerprint density at radius 1 is 0.957 bits per heavy atom. The van der Waals surface area contributed by atoms with Gasteiger partial charge in [-0.25, -0.2) is 9.36 Å². The summed E-state index contributed by atoms with van der Waals surface area (Å²) in [5.41, 5.74) is -0.0557. The summed E-state index contributed by atoms with van der Waals surface area (Å²) in [5, 5.41) is 9.73. The molecule has 5 nitrogen and oxygen atoms in total. The van der Waals surface area contributed by atoms with Crippen LogP contribution in [0.5, 0.6) is 0 Å². The van der Waals surface area contributed by atoms with Crippen LogP contribution in [0.1, 0.15) is 20.7 Å². The molecule has 0 unspecified atom stereocenters. The summed E-state index contributed by atoms with van der Waals surface area (Å²) >= 11 is 0. The molecular formula is C18H13NO4. The highest BCUT2D eigenvalue weighted by atomic mass is 16.4. The van der Waals surface area contributed by atoms with Crippen molar-refractivity contribution in [2.75, 3.05) is 0 Å². The third-order valence-corrected chi connectivity index (χ3v) is 3.59. The summed E-state index contributed by atoms with van der Waals surface area (Å²) < 4.78 is 0.950. The topological polar surface area (TPSA) is 76.4 Å². The van der Waals surface area contributed by atoms with Crippen LogP contribution in [0.15, 0.2) is 65.5 Å². The van der Waals surface area contributed by atoms with Gasteiger partial charge in [-0.05, 0) is 23.1 Å². The average Bonchev–Trinajstić information content (AvgIpc) is 2.54. The van der Waals surface area contributed by atoms with Crippen molar-refractivity contribution in [3.63, 3.8) is 0 Å². The predicted molar refractivity (Wildman–Crippen MR) is 85.9 cm³/mol. The second-order valence-corrected chi connectivity index (χ2v) is 5.12. The SMILES string of the molecule is O=C(O)c1cc2ccccc2n(C(=O)Cc2ccccc2)c1=O. The van der Waals surface area contributed by atoms with Crippen molar-refractivity contribution in [3.8, 4) is 0 Å². The van der Waals surface area contributed by atoms with Gasteiger partial charge in [-0.3, -0.25) is 9.59 Å². The minimum absolute atomic E-state index is 0.0216. The number of pyridine rings is 1. The van der Waals surface area contributed by atoms with Crippen LogP contribution in [0.2, 0.25) is 0 Å². The molecule has 0 bridgehead atoms. The minimum atomic E-state index is -1.35. The molecular weight excluding hydrogens is 294 g/mol. The first-order chi connectivity index (χ1) is 11.1. The summed E-state index contributed by atoms with van der Waals surface area (Å²) in [7, 11) is 0. The first-order valence-electron chi connectivity index (χ1n) is 7.03. The molecule has 1 N–H and O–H groups in total. The monoisotopic (exact) mass is 307 g/mol. The van der Waals surface area contributed by atoms with Crippen molar-refractivity contribution >= 4 is 22.8 Å². The molecule has 0 saturated carbocycles. The Bertz CT molecular complexity index is 958. The summed E-state index contributed by atoms with van der Waals surface area (Å²) in [4.78, 5) is 36.3. The van der Waals surface area contributed by atoms with Gasteiger partial charge in [-0.15, -0.1) is 0 Å². The average molecular weight is 307 g/mol. The summed E-state index contributed by atoms with van der Waals surface area (Å²) in [5.74, 6) is -1.80. The molecule has 3 rings (SSSR count). The van der Waals surface area contributed by atoms with E-state index in [0.717, 1.165) is 10.1 Å². The van der Waals surface area contributed by atoms with E-state index in [9.17, 15) is 19.5 Å². The van der Waals surface area contributed by atoms with Crippen LogP contribution in [-0.2, 0) is 6.42 Å². The maximum atomic E-state index is 12.6. The van der Waals surface area contributed by atoms with E-state index in [4.69, 9.17) is 0 Å². The molecule has 0 fully saturated rings. The third kappa shape index (κ3) is 2.76. The van der Waals surface area contributed by atoms with Crippen molar-refractivity contribution in [2.24, 2.45) is 0 Å². The van der Waals surface area contributed by atoms with Gasteiger partial charge < -0.3 is 5.11 Å². The molecule has 114 valence electrons. The molecule has 0 amide bonds. The third-order valence-electron chi connectivity index (χ3n) is 3.59. The molecule has 0 aliphatic rings. The number of aromatic nitrogens is 1. The summed E-state index contributed by atoms with van der Waals surface area (Å²) in [6.07, 6.45) is 0.0216. The maximum Gasteiger partial charge on any atom is 0.341 e.